The summed E-state index contributed by atoms with van der Waals surface area (Å²) in [6.45, 7) is 8.88. The summed E-state index contributed by atoms with van der Waals surface area (Å²) in [5.41, 5.74) is -0.0501. The molecule has 0 amide bonds. The van der Waals surface area contributed by atoms with Crippen molar-refractivity contribution in [3.05, 3.63) is 0 Å². The van der Waals surface area contributed by atoms with Gasteiger partial charge in [-0.25, -0.2) is 0 Å². The van der Waals surface area contributed by atoms with Gasteiger partial charge >= 0.3 is 7.60 Å². The van der Waals surface area contributed by atoms with Crippen molar-refractivity contribution in [2.75, 3.05) is 13.2 Å². The standard InChI is InChI=1S/C10H23O3P/c1-5-7-9-13-14(11,10(3)4)12-8-6-2/h10H,5-9H2,1-4H3. The van der Waals surface area contributed by atoms with Crippen molar-refractivity contribution in [1.82, 2.24) is 0 Å². The second-order valence-corrected chi connectivity index (χ2v) is 6.28. The van der Waals surface area contributed by atoms with Crippen LogP contribution in [-0.2, 0) is 13.6 Å². The normalized spacial score (nSPS) is 15.8. The van der Waals surface area contributed by atoms with E-state index in [2.05, 4.69) is 6.92 Å². The maximum absolute atomic E-state index is 12.1. The molecular formula is C10H23O3P. The van der Waals surface area contributed by atoms with Crippen LogP contribution in [0.1, 0.15) is 47.0 Å². The van der Waals surface area contributed by atoms with Crippen LogP contribution in [0.4, 0.5) is 0 Å². The Bertz CT molecular complexity index is 180. The summed E-state index contributed by atoms with van der Waals surface area (Å²) in [6.07, 6.45) is 2.85. The Kier molecular flexibility index (Phi) is 7.52. The average molecular weight is 222 g/mol. The zero-order chi connectivity index (χ0) is 11.0. The molecule has 0 aliphatic heterocycles. The van der Waals surface area contributed by atoms with Gasteiger partial charge in [0.1, 0.15) is 0 Å². The Balaban J connectivity index is 4.04. The average Bonchev–Trinajstić information content (AvgIpc) is 2.15. The minimum atomic E-state index is -2.84. The van der Waals surface area contributed by atoms with Crippen LogP contribution in [0.15, 0.2) is 0 Å². The van der Waals surface area contributed by atoms with E-state index in [1.165, 1.54) is 0 Å². The third-order valence-corrected chi connectivity index (χ3v) is 4.23. The second kappa shape index (κ2) is 7.44. The van der Waals surface area contributed by atoms with Gasteiger partial charge in [0, 0.05) is 0 Å². The molecule has 0 aromatic heterocycles. The largest absolute Gasteiger partial charge is 0.333 e. The van der Waals surface area contributed by atoms with E-state index in [1.54, 1.807) is 0 Å². The predicted molar refractivity (Wildman–Crippen MR) is 59.8 cm³/mol. The zero-order valence-electron chi connectivity index (χ0n) is 9.78. The Morgan fingerprint density at radius 3 is 2.07 bits per heavy atom. The molecule has 0 aliphatic carbocycles. The molecule has 0 saturated carbocycles. The van der Waals surface area contributed by atoms with Crippen molar-refractivity contribution in [2.24, 2.45) is 0 Å². The van der Waals surface area contributed by atoms with Crippen LogP contribution in [0, 0.1) is 0 Å². The molecule has 4 heteroatoms. The first-order chi connectivity index (χ1) is 6.56. The van der Waals surface area contributed by atoms with Gasteiger partial charge < -0.3 is 9.05 Å². The molecule has 0 N–H and O–H groups in total. The van der Waals surface area contributed by atoms with Gasteiger partial charge in [-0.05, 0) is 12.8 Å². The molecule has 0 saturated heterocycles. The summed E-state index contributed by atoms with van der Waals surface area (Å²) in [5, 5.41) is 0. The first-order valence-electron chi connectivity index (χ1n) is 5.45. The van der Waals surface area contributed by atoms with E-state index >= 15 is 0 Å². The Hall–Kier alpha value is 0.150. The van der Waals surface area contributed by atoms with E-state index in [-0.39, 0.29) is 5.66 Å². The maximum atomic E-state index is 12.1. The molecule has 0 heterocycles. The molecular weight excluding hydrogens is 199 g/mol. The smallest absolute Gasteiger partial charge is 0.308 e. The topological polar surface area (TPSA) is 35.5 Å². The van der Waals surface area contributed by atoms with Crippen molar-refractivity contribution in [3.63, 3.8) is 0 Å². The maximum Gasteiger partial charge on any atom is 0.333 e. The van der Waals surface area contributed by atoms with E-state index in [9.17, 15) is 4.57 Å². The molecule has 0 radical (unpaired) electrons. The van der Waals surface area contributed by atoms with Gasteiger partial charge in [-0.3, -0.25) is 4.57 Å². The minimum absolute atomic E-state index is 0.0501. The molecule has 0 bridgehead atoms. The summed E-state index contributed by atoms with van der Waals surface area (Å²) in [7, 11) is -2.84. The highest BCUT2D eigenvalue weighted by atomic mass is 31.2. The third-order valence-electron chi connectivity index (χ3n) is 1.88. The molecule has 14 heavy (non-hydrogen) atoms. The van der Waals surface area contributed by atoms with Gasteiger partial charge in [0.2, 0.25) is 0 Å². The zero-order valence-corrected chi connectivity index (χ0v) is 10.7. The van der Waals surface area contributed by atoms with E-state index in [4.69, 9.17) is 9.05 Å². The fraction of sp³-hybridized carbons (Fsp3) is 1.00. The molecule has 0 aromatic rings. The van der Waals surface area contributed by atoms with E-state index in [0.29, 0.717) is 13.2 Å². The Morgan fingerprint density at radius 2 is 1.64 bits per heavy atom. The van der Waals surface area contributed by atoms with E-state index in [0.717, 1.165) is 19.3 Å². The molecule has 0 rings (SSSR count). The van der Waals surface area contributed by atoms with Crippen molar-refractivity contribution in [1.29, 1.82) is 0 Å². The van der Waals surface area contributed by atoms with Crippen LogP contribution in [0.3, 0.4) is 0 Å². The van der Waals surface area contributed by atoms with Crippen LogP contribution in [0.2, 0.25) is 0 Å². The van der Waals surface area contributed by atoms with Crippen molar-refractivity contribution >= 4 is 7.60 Å². The molecule has 3 nitrogen and oxygen atoms in total. The van der Waals surface area contributed by atoms with Crippen LogP contribution in [-0.4, -0.2) is 18.9 Å². The third kappa shape index (κ3) is 5.14. The van der Waals surface area contributed by atoms with Crippen LogP contribution in [0.5, 0.6) is 0 Å². The quantitative estimate of drug-likeness (QED) is 0.462. The molecule has 1 unspecified atom stereocenters. The summed E-state index contributed by atoms with van der Waals surface area (Å²) >= 11 is 0. The molecule has 0 spiro atoms. The highest BCUT2D eigenvalue weighted by Gasteiger charge is 2.28. The molecule has 0 aromatic carbocycles. The summed E-state index contributed by atoms with van der Waals surface area (Å²) in [6, 6.07) is 0. The first kappa shape index (κ1) is 14.2. The van der Waals surface area contributed by atoms with Gasteiger partial charge in [0.15, 0.2) is 0 Å². The van der Waals surface area contributed by atoms with E-state index in [1.807, 2.05) is 20.8 Å². The van der Waals surface area contributed by atoms with Crippen molar-refractivity contribution < 1.29 is 13.6 Å². The van der Waals surface area contributed by atoms with Gasteiger partial charge in [0.25, 0.3) is 0 Å². The number of unbranched alkanes of at least 4 members (excludes halogenated alkanes) is 1. The van der Waals surface area contributed by atoms with Crippen molar-refractivity contribution in [2.45, 2.75) is 52.6 Å². The number of rotatable bonds is 8. The first-order valence-corrected chi connectivity index (χ1v) is 7.06. The van der Waals surface area contributed by atoms with Gasteiger partial charge in [0.05, 0.1) is 18.9 Å². The molecule has 86 valence electrons. The monoisotopic (exact) mass is 222 g/mol. The lowest BCUT2D eigenvalue weighted by Gasteiger charge is -2.21. The van der Waals surface area contributed by atoms with Crippen LogP contribution < -0.4 is 0 Å². The van der Waals surface area contributed by atoms with E-state index < -0.39 is 7.60 Å². The van der Waals surface area contributed by atoms with Gasteiger partial charge in [-0.15, -0.1) is 0 Å². The van der Waals surface area contributed by atoms with Crippen LogP contribution >= 0.6 is 7.60 Å². The Morgan fingerprint density at radius 1 is 1.07 bits per heavy atom. The molecule has 0 fully saturated rings. The highest BCUT2D eigenvalue weighted by Crippen LogP contribution is 2.52. The van der Waals surface area contributed by atoms with Crippen molar-refractivity contribution in [3.8, 4) is 0 Å². The van der Waals surface area contributed by atoms with Gasteiger partial charge in [-0.1, -0.05) is 34.1 Å². The number of hydrogen-bond donors (Lipinski definition) is 0. The summed E-state index contributed by atoms with van der Waals surface area (Å²) < 4.78 is 22.8. The Labute approximate surface area is 87.7 Å². The molecule has 0 aliphatic rings. The van der Waals surface area contributed by atoms with Crippen LogP contribution in [0.25, 0.3) is 0 Å². The van der Waals surface area contributed by atoms with Gasteiger partial charge in [-0.2, -0.15) is 0 Å². The highest BCUT2D eigenvalue weighted by molar-refractivity contribution is 7.54. The lowest BCUT2D eigenvalue weighted by molar-refractivity contribution is 0.197. The fourth-order valence-electron chi connectivity index (χ4n) is 0.890. The predicted octanol–water partition coefficient (Wildman–Crippen LogP) is 3.83. The summed E-state index contributed by atoms with van der Waals surface area (Å²) in [5.74, 6) is 0. The fourth-order valence-corrected chi connectivity index (χ4v) is 2.38. The minimum Gasteiger partial charge on any atom is -0.308 e. The number of hydrogen-bond acceptors (Lipinski definition) is 3. The molecule has 1 atom stereocenters. The lowest BCUT2D eigenvalue weighted by atomic mass is 10.4. The summed E-state index contributed by atoms with van der Waals surface area (Å²) in [4.78, 5) is 0. The second-order valence-electron chi connectivity index (χ2n) is 3.65. The lowest BCUT2D eigenvalue weighted by Crippen LogP contribution is -2.07. The SMILES string of the molecule is CCCCOP(=O)(OCCC)C(C)C.